The Balaban J connectivity index is 0.000000934. The van der Waals surface area contributed by atoms with Gasteiger partial charge in [0.1, 0.15) is 0 Å². The van der Waals surface area contributed by atoms with Crippen molar-refractivity contribution in [3.63, 3.8) is 0 Å². The number of benzene rings is 1. The lowest BCUT2D eigenvalue weighted by Gasteiger charge is -2.44. The van der Waals surface area contributed by atoms with E-state index < -0.39 is 12.2 Å². The van der Waals surface area contributed by atoms with E-state index in [1.54, 1.807) is 5.57 Å². The predicted octanol–water partition coefficient (Wildman–Crippen LogP) is 9.34. The molecule has 38 heavy (non-hydrogen) atoms. The van der Waals surface area contributed by atoms with Gasteiger partial charge in [0.05, 0.1) is 12.2 Å². The molecule has 3 aliphatic rings. The lowest BCUT2D eigenvalue weighted by Crippen LogP contribution is -2.36. The number of aliphatic hydroxyl groups excluding tert-OH is 2. The molecule has 0 bridgehead atoms. The number of fused-ring (bicyclic) bond motifs is 1. The van der Waals surface area contributed by atoms with Gasteiger partial charge in [0.2, 0.25) is 0 Å². The van der Waals surface area contributed by atoms with Crippen LogP contribution in [0, 0.1) is 29.1 Å². The Kier molecular flexibility index (Phi) is 11.4. The predicted molar refractivity (Wildman–Crippen MR) is 166 cm³/mol. The third-order valence-electron chi connectivity index (χ3n) is 9.06. The van der Waals surface area contributed by atoms with Gasteiger partial charge in [-0.3, -0.25) is 0 Å². The number of hydrogen-bond donors (Lipinski definition) is 2. The quantitative estimate of drug-likeness (QED) is 0.280. The molecule has 0 aliphatic heterocycles. The Morgan fingerprint density at radius 1 is 1.03 bits per heavy atom. The molecule has 6 atom stereocenters. The van der Waals surface area contributed by atoms with E-state index in [0.29, 0.717) is 41.6 Å². The van der Waals surface area contributed by atoms with Gasteiger partial charge in [-0.1, -0.05) is 90.5 Å². The van der Waals surface area contributed by atoms with Gasteiger partial charge < -0.3 is 10.2 Å². The van der Waals surface area contributed by atoms with Gasteiger partial charge >= 0.3 is 0 Å². The van der Waals surface area contributed by atoms with E-state index >= 15 is 0 Å². The third-order valence-corrected chi connectivity index (χ3v) is 10.3. The molecule has 0 saturated heterocycles. The minimum Gasteiger partial charge on any atom is -0.388 e. The number of allylic oxidation sites excluding steroid dienone is 3. The van der Waals surface area contributed by atoms with Crippen LogP contribution in [-0.4, -0.2) is 28.2 Å². The molecule has 2 N–H and O–H groups in total. The molecule has 1 aromatic rings. The molecule has 0 spiro atoms. The van der Waals surface area contributed by atoms with Crippen molar-refractivity contribution in [3.05, 3.63) is 65.3 Å². The molecular weight excluding hydrogens is 484 g/mol. The molecule has 0 radical (unpaired) electrons. The summed E-state index contributed by atoms with van der Waals surface area (Å²) in [6.45, 7) is 19.9. The van der Waals surface area contributed by atoms with Crippen molar-refractivity contribution in [2.24, 2.45) is 29.1 Å². The van der Waals surface area contributed by atoms with Gasteiger partial charge in [0.15, 0.2) is 0 Å². The molecule has 5 unspecified atom stereocenters. The van der Waals surface area contributed by atoms with Crippen molar-refractivity contribution < 1.29 is 10.2 Å². The van der Waals surface area contributed by atoms with E-state index in [0.717, 1.165) is 17.4 Å². The maximum atomic E-state index is 10.2. The molecule has 4 rings (SSSR count). The highest BCUT2D eigenvalue weighted by atomic mass is 32.2. The number of rotatable bonds is 6. The van der Waals surface area contributed by atoms with Gasteiger partial charge in [-0.15, -0.1) is 11.8 Å². The summed E-state index contributed by atoms with van der Waals surface area (Å²) in [6, 6.07) is 9.11. The summed E-state index contributed by atoms with van der Waals surface area (Å²) in [7, 11) is 0. The first kappa shape index (κ1) is 31.2. The fourth-order valence-corrected chi connectivity index (χ4v) is 8.03. The molecule has 0 amide bonds. The fourth-order valence-electron chi connectivity index (χ4n) is 6.95. The standard InChI is InChI=1S/C31H44O2S.C4H10/c1-20(2)25-8-6-10-26(18-25)34-19-21(3)27-13-14-28-24(9-7-15-31(27,28)5)12-11-23-16-29(32)22(4)30(33)17-23;1-4(2)3/h6,8,10-12,18,20-21,27-30,32-33H,4,7,9,13-17,19H2,1-3,5H3;4H,1-3H3/b23-11?,24-12+;/t21?,27?,28?,29-,30?,31?;/m1./s1. The summed E-state index contributed by atoms with van der Waals surface area (Å²) >= 11 is 2.04. The van der Waals surface area contributed by atoms with Crippen LogP contribution in [-0.2, 0) is 0 Å². The van der Waals surface area contributed by atoms with Gasteiger partial charge in [0, 0.05) is 10.6 Å². The first-order chi connectivity index (χ1) is 17.9. The Morgan fingerprint density at radius 2 is 1.68 bits per heavy atom. The van der Waals surface area contributed by atoms with E-state index in [1.807, 2.05) is 11.8 Å². The van der Waals surface area contributed by atoms with Crippen LogP contribution in [0.3, 0.4) is 0 Å². The minimum absolute atomic E-state index is 0.391. The van der Waals surface area contributed by atoms with Crippen LogP contribution in [0.25, 0.3) is 0 Å². The number of aliphatic hydroxyl groups is 2. The van der Waals surface area contributed by atoms with Crippen molar-refractivity contribution in [2.75, 3.05) is 5.75 Å². The molecule has 212 valence electrons. The maximum absolute atomic E-state index is 10.2. The zero-order valence-electron chi connectivity index (χ0n) is 25.2. The average Bonchev–Trinajstić information content (AvgIpc) is 3.22. The van der Waals surface area contributed by atoms with E-state index in [4.69, 9.17) is 0 Å². The lowest BCUT2D eigenvalue weighted by atomic mass is 9.61. The normalized spacial score (nSPS) is 32.4. The summed E-state index contributed by atoms with van der Waals surface area (Å²) < 4.78 is 0. The van der Waals surface area contributed by atoms with Gasteiger partial charge in [0.25, 0.3) is 0 Å². The molecule has 0 aromatic heterocycles. The van der Waals surface area contributed by atoms with Gasteiger partial charge in [-0.25, -0.2) is 0 Å². The van der Waals surface area contributed by atoms with Gasteiger partial charge in [-0.05, 0) is 103 Å². The molecule has 3 saturated carbocycles. The molecular formula is C35H54O2S. The van der Waals surface area contributed by atoms with E-state index in [2.05, 4.69) is 91.5 Å². The Bertz CT molecular complexity index is 971. The third kappa shape index (κ3) is 7.89. The number of thioether (sulfide) groups is 1. The van der Waals surface area contributed by atoms with Gasteiger partial charge in [-0.2, -0.15) is 0 Å². The lowest BCUT2D eigenvalue weighted by molar-refractivity contribution is 0.105. The maximum Gasteiger partial charge on any atom is 0.0809 e. The molecule has 3 aliphatic carbocycles. The summed E-state index contributed by atoms with van der Waals surface area (Å²) in [5, 5.41) is 20.4. The van der Waals surface area contributed by atoms with Crippen LogP contribution in [0.1, 0.15) is 105 Å². The van der Waals surface area contributed by atoms with Crippen LogP contribution >= 0.6 is 11.8 Å². The molecule has 3 fully saturated rings. The zero-order valence-corrected chi connectivity index (χ0v) is 26.0. The Hall–Kier alpha value is -1.29. The summed E-state index contributed by atoms with van der Waals surface area (Å²) in [6.07, 6.45) is 11.0. The van der Waals surface area contributed by atoms with Crippen LogP contribution in [0.15, 0.2) is 64.6 Å². The Morgan fingerprint density at radius 3 is 2.32 bits per heavy atom. The summed E-state index contributed by atoms with van der Waals surface area (Å²) in [4.78, 5) is 1.41. The van der Waals surface area contributed by atoms with E-state index in [1.165, 1.54) is 48.3 Å². The summed E-state index contributed by atoms with van der Waals surface area (Å²) in [5.74, 6) is 4.76. The van der Waals surface area contributed by atoms with E-state index in [-0.39, 0.29) is 0 Å². The van der Waals surface area contributed by atoms with Crippen molar-refractivity contribution in [3.8, 4) is 0 Å². The highest BCUT2D eigenvalue weighted by Crippen LogP contribution is 2.59. The first-order valence-corrected chi connectivity index (χ1v) is 16.1. The highest BCUT2D eigenvalue weighted by Gasteiger charge is 2.50. The van der Waals surface area contributed by atoms with Crippen molar-refractivity contribution in [2.45, 2.75) is 116 Å². The van der Waals surface area contributed by atoms with Crippen LogP contribution in [0.2, 0.25) is 0 Å². The largest absolute Gasteiger partial charge is 0.388 e. The Labute approximate surface area is 238 Å². The smallest absolute Gasteiger partial charge is 0.0809 e. The van der Waals surface area contributed by atoms with Crippen LogP contribution < -0.4 is 0 Å². The summed E-state index contributed by atoms with van der Waals surface area (Å²) in [5.41, 5.74) is 5.14. The highest BCUT2D eigenvalue weighted by molar-refractivity contribution is 7.99. The molecule has 1 aromatic carbocycles. The molecule has 0 heterocycles. The second kappa shape index (κ2) is 13.9. The second-order valence-electron chi connectivity index (χ2n) is 13.4. The zero-order chi connectivity index (χ0) is 28.0. The monoisotopic (exact) mass is 538 g/mol. The van der Waals surface area contributed by atoms with E-state index in [9.17, 15) is 10.2 Å². The van der Waals surface area contributed by atoms with Crippen molar-refractivity contribution in [1.29, 1.82) is 0 Å². The average molecular weight is 539 g/mol. The minimum atomic E-state index is -0.611. The first-order valence-electron chi connectivity index (χ1n) is 15.1. The molecule has 3 heteroatoms. The topological polar surface area (TPSA) is 40.5 Å². The fraction of sp³-hybridized carbons (Fsp3) is 0.657. The SMILES string of the molecule is C=C1C(O)CC(=C/C=C2\CCCC3(C)C2CCC3C(C)CSc2cccc(C(C)C)c2)C[C@H]1O.CC(C)C. The second-order valence-corrected chi connectivity index (χ2v) is 14.5. The van der Waals surface area contributed by atoms with Crippen LogP contribution in [0.4, 0.5) is 0 Å². The van der Waals surface area contributed by atoms with Crippen molar-refractivity contribution >= 4 is 11.8 Å². The van der Waals surface area contributed by atoms with Crippen molar-refractivity contribution in [1.82, 2.24) is 0 Å². The molecule has 2 nitrogen and oxygen atoms in total. The van der Waals surface area contributed by atoms with Crippen LogP contribution in [0.5, 0.6) is 0 Å². The number of hydrogen-bond acceptors (Lipinski definition) is 3.